The molecule has 0 radical (unpaired) electrons. The fraction of sp³-hybridized carbons (Fsp3) is 0.333. The molecule has 1 aliphatic rings. The summed E-state index contributed by atoms with van der Waals surface area (Å²) in [5, 5.41) is 11.0. The lowest BCUT2D eigenvalue weighted by Crippen LogP contribution is -2.39. The zero-order valence-corrected chi connectivity index (χ0v) is 10.2. The third-order valence-corrected chi connectivity index (χ3v) is 2.89. The van der Waals surface area contributed by atoms with E-state index in [4.69, 9.17) is 0 Å². The van der Waals surface area contributed by atoms with E-state index in [2.05, 4.69) is 0 Å². The van der Waals surface area contributed by atoms with Crippen molar-refractivity contribution < 1.29 is 27.9 Å². The van der Waals surface area contributed by atoms with Crippen LogP contribution in [0.1, 0.15) is 6.42 Å². The van der Waals surface area contributed by atoms with Crippen molar-refractivity contribution in [2.24, 2.45) is 0 Å². The summed E-state index contributed by atoms with van der Waals surface area (Å²) in [5.41, 5.74) is -0.885. The number of β-amino-alcohol motifs (C(OH)–C–C–N with tert-alkyl or cyclic N) is 1. The average Bonchev–Trinajstić information content (AvgIpc) is 2.79. The quantitative estimate of drug-likeness (QED) is 0.745. The highest BCUT2D eigenvalue weighted by Crippen LogP contribution is 2.20. The van der Waals surface area contributed by atoms with Gasteiger partial charge in [0.15, 0.2) is 11.6 Å². The molecular weight excluding hydrogens is 277 g/mol. The number of benzene rings is 1. The Hall–Kier alpha value is -2.09. The number of carbonyl (C=O) groups excluding carboxylic acids is 2. The first-order valence-corrected chi connectivity index (χ1v) is 5.81. The molecule has 1 aromatic rings. The third kappa shape index (κ3) is 2.90. The van der Waals surface area contributed by atoms with Crippen LogP contribution in [0.25, 0.3) is 0 Å². The van der Waals surface area contributed by atoms with Crippen LogP contribution in [0.4, 0.5) is 18.9 Å². The number of carbonyl (C=O) groups is 2. The van der Waals surface area contributed by atoms with E-state index in [-0.39, 0.29) is 13.1 Å². The molecular formula is C12H11F3N2O3. The summed E-state index contributed by atoms with van der Waals surface area (Å²) in [7, 11) is 0. The smallest absolute Gasteiger partial charge is 0.314 e. The van der Waals surface area contributed by atoms with Gasteiger partial charge in [-0.25, -0.2) is 13.2 Å². The van der Waals surface area contributed by atoms with E-state index in [1.54, 1.807) is 5.32 Å². The predicted octanol–water partition coefficient (Wildman–Crippen LogP) is 0.636. The number of amides is 2. The molecule has 0 aliphatic carbocycles. The Bertz CT molecular complexity index is 542. The summed E-state index contributed by atoms with van der Waals surface area (Å²) in [6, 6.07) is 0.783. The molecule has 1 aliphatic heterocycles. The van der Waals surface area contributed by atoms with E-state index in [1.165, 1.54) is 0 Å². The Balaban J connectivity index is 2.10. The number of aliphatic hydroxyl groups is 1. The van der Waals surface area contributed by atoms with Gasteiger partial charge in [0.05, 0.1) is 6.10 Å². The first kappa shape index (κ1) is 14.3. The normalized spacial score (nSPS) is 18.2. The largest absolute Gasteiger partial charge is 0.391 e. The predicted molar refractivity (Wildman–Crippen MR) is 62.1 cm³/mol. The number of aliphatic hydroxyl groups excluding tert-OH is 1. The topological polar surface area (TPSA) is 69.6 Å². The molecule has 8 heteroatoms. The molecule has 1 fully saturated rings. The monoisotopic (exact) mass is 288 g/mol. The highest BCUT2D eigenvalue weighted by Gasteiger charge is 2.29. The van der Waals surface area contributed by atoms with Crippen molar-refractivity contribution in [2.75, 3.05) is 18.4 Å². The van der Waals surface area contributed by atoms with Crippen molar-refractivity contribution in [3.05, 3.63) is 29.6 Å². The molecule has 0 bridgehead atoms. The summed E-state index contributed by atoms with van der Waals surface area (Å²) >= 11 is 0. The second-order valence-electron chi connectivity index (χ2n) is 4.39. The van der Waals surface area contributed by atoms with Gasteiger partial charge in [-0.1, -0.05) is 0 Å². The molecule has 1 aromatic carbocycles. The Labute approximate surface area is 112 Å². The molecule has 2 N–H and O–H groups in total. The first-order valence-electron chi connectivity index (χ1n) is 5.81. The molecule has 5 nitrogen and oxygen atoms in total. The lowest BCUT2D eigenvalue weighted by atomic mass is 10.2. The van der Waals surface area contributed by atoms with Crippen molar-refractivity contribution in [3.63, 3.8) is 0 Å². The maximum absolute atomic E-state index is 13.3. The number of nitrogens with zero attached hydrogens (tertiary/aromatic N) is 1. The van der Waals surface area contributed by atoms with Crippen LogP contribution >= 0.6 is 0 Å². The molecule has 0 spiro atoms. The lowest BCUT2D eigenvalue weighted by molar-refractivity contribution is -0.142. The van der Waals surface area contributed by atoms with Gasteiger partial charge in [-0.3, -0.25) is 9.59 Å². The van der Waals surface area contributed by atoms with Crippen molar-refractivity contribution in [3.8, 4) is 0 Å². The molecule has 108 valence electrons. The van der Waals surface area contributed by atoms with Gasteiger partial charge in [0.1, 0.15) is 11.5 Å². The summed E-state index contributed by atoms with van der Waals surface area (Å²) in [4.78, 5) is 24.3. The molecule has 0 aromatic heterocycles. The van der Waals surface area contributed by atoms with E-state index in [1.807, 2.05) is 0 Å². The van der Waals surface area contributed by atoms with Gasteiger partial charge in [-0.2, -0.15) is 0 Å². The van der Waals surface area contributed by atoms with Crippen LogP contribution in [0.15, 0.2) is 12.1 Å². The van der Waals surface area contributed by atoms with Gasteiger partial charge in [-0.05, 0) is 6.42 Å². The Kier molecular flexibility index (Phi) is 3.93. The second-order valence-corrected chi connectivity index (χ2v) is 4.39. The zero-order chi connectivity index (χ0) is 14.9. The van der Waals surface area contributed by atoms with Gasteiger partial charge < -0.3 is 15.3 Å². The van der Waals surface area contributed by atoms with Crippen LogP contribution in [0.5, 0.6) is 0 Å². The molecule has 1 atom stereocenters. The summed E-state index contributed by atoms with van der Waals surface area (Å²) in [5.74, 6) is -6.02. The van der Waals surface area contributed by atoms with Gasteiger partial charge in [0, 0.05) is 25.2 Å². The van der Waals surface area contributed by atoms with Gasteiger partial charge in [-0.15, -0.1) is 0 Å². The van der Waals surface area contributed by atoms with Crippen LogP contribution in [0.3, 0.4) is 0 Å². The number of halogens is 3. The fourth-order valence-corrected chi connectivity index (χ4v) is 1.90. The van der Waals surface area contributed by atoms with Crippen molar-refractivity contribution in [1.29, 1.82) is 0 Å². The van der Waals surface area contributed by atoms with E-state index >= 15 is 0 Å². The van der Waals surface area contributed by atoms with E-state index in [0.29, 0.717) is 18.6 Å². The Morgan fingerprint density at radius 2 is 1.85 bits per heavy atom. The fourth-order valence-electron chi connectivity index (χ4n) is 1.90. The molecule has 2 amide bonds. The summed E-state index contributed by atoms with van der Waals surface area (Å²) in [6.45, 7) is 0.169. The molecule has 1 saturated heterocycles. The van der Waals surface area contributed by atoms with Crippen molar-refractivity contribution in [1.82, 2.24) is 4.90 Å². The second kappa shape index (κ2) is 5.49. The van der Waals surface area contributed by atoms with Crippen LogP contribution in [-0.2, 0) is 9.59 Å². The third-order valence-electron chi connectivity index (χ3n) is 2.89. The first-order chi connectivity index (χ1) is 9.38. The standard InChI is InChI=1S/C12H11F3N2O3/c13-6-3-8(14)10(9(15)4-6)16-11(19)12(20)17-2-1-7(18)5-17/h3-4,7,18H,1-2,5H2,(H,16,19)/t7-/m1/s1. The van der Waals surface area contributed by atoms with Crippen LogP contribution in [0, 0.1) is 17.5 Å². The minimum absolute atomic E-state index is 0.0133. The van der Waals surface area contributed by atoms with Gasteiger partial charge >= 0.3 is 11.8 Å². The molecule has 20 heavy (non-hydrogen) atoms. The number of hydrogen-bond donors (Lipinski definition) is 2. The van der Waals surface area contributed by atoms with Crippen LogP contribution in [-0.4, -0.2) is 41.0 Å². The Morgan fingerprint density at radius 1 is 1.25 bits per heavy atom. The van der Waals surface area contributed by atoms with Crippen LogP contribution in [0.2, 0.25) is 0 Å². The minimum Gasteiger partial charge on any atom is -0.391 e. The molecule has 0 unspecified atom stereocenters. The lowest BCUT2D eigenvalue weighted by Gasteiger charge is -2.15. The summed E-state index contributed by atoms with van der Waals surface area (Å²) < 4.78 is 39.3. The Morgan fingerprint density at radius 3 is 2.35 bits per heavy atom. The highest BCUT2D eigenvalue weighted by atomic mass is 19.1. The number of likely N-dealkylation sites (tertiary alicyclic amines) is 1. The van der Waals surface area contributed by atoms with E-state index in [0.717, 1.165) is 4.90 Å². The van der Waals surface area contributed by atoms with Crippen LogP contribution < -0.4 is 5.32 Å². The number of anilines is 1. The number of hydrogen-bond acceptors (Lipinski definition) is 3. The highest BCUT2D eigenvalue weighted by molar-refractivity contribution is 6.39. The summed E-state index contributed by atoms with van der Waals surface area (Å²) in [6.07, 6.45) is -0.385. The van der Waals surface area contributed by atoms with Crippen molar-refractivity contribution >= 4 is 17.5 Å². The van der Waals surface area contributed by atoms with Crippen molar-refractivity contribution in [2.45, 2.75) is 12.5 Å². The minimum atomic E-state index is -1.31. The van der Waals surface area contributed by atoms with E-state index in [9.17, 15) is 27.9 Å². The zero-order valence-electron chi connectivity index (χ0n) is 10.2. The van der Waals surface area contributed by atoms with E-state index < -0.39 is 41.1 Å². The van der Waals surface area contributed by atoms with Gasteiger partial charge in [0.25, 0.3) is 0 Å². The average molecular weight is 288 g/mol. The molecule has 2 rings (SSSR count). The number of nitrogens with one attached hydrogen (secondary N) is 1. The molecule has 0 saturated carbocycles. The van der Waals surface area contributed by atoms with Gasteiger partial charge in [0.2, 0.25) is 0 Å². The SMILES string of the molecule is O=C(Nc1c(F)cc(F)cc1F)C(=O)N1CC[C@@H](O)C1. The maximum Gasteiger partial charge on any atom is 0.314 e. The molecule has 1 heterocycles. The number of rotatable bonds is 1. The maximum atomic E-state index is 13.3.